The Morgan fingerprint density at radius 3 is 2.38 bits per heavy atom. The minimum absolute atomic E-state index is 0.0437. The summed E-state index contributed by atoms with van der Waals surface area (Å²) in [5, 5.41) is 10.6. The number of nitro groups is 1. The van der Waals surface area contributed by atoms with E-state index in [4.69, 9.17) is 0 Å². The highest BCUT2D eigenvalue weighted by molar-refractivity contribution is 7.89. The number of nitro benzene ring substituents is 1. The van der Waals surface area contributed by atoms with Gasteiger partial charge >= 0.3 is 0 Å². The topological polar surface area (TPSA) is 80.5 Å². The molecule has 1 unspecified atom stereocenters. The molecule has 0 N–H and O–H groups in total. The van der Waals surface area contributed by atoms with Crippen molar-refractivity contribution < 1.29 is 13.3 Å². The van der Waals surface area contributed by atoms with Gasteiger partial charge in [-0.3, -0.25) is 10.1 Å². The van der Waals surface area contributed by atoms with E-state index in [0.717, 1.165) is 11.1 Å². The lowest BCUT2D eigenvalue weighted by Crippen LogP contribution is -2.29. The predicted molar refractivity (Wildman–Crippen MR) is 79.3 cm³/mol. The second-order valence-corrected chi connectivity index (χ2v) is 7.04. The molecule has 1 aliphatic rings. The van der Waals surface area contributed by atoms with Gasteiger partial charge in [0.25, 0.3) is 5.69 Å². The third-order valence-corrected chi connectivity index (χ3v) is 5.36. The number of rotatable bonds is 4. The van der Waals surface area contributed by atoms with Crippen LogP contribution in [0.1, 0.15) is 6.92 Å². The number of benzene rings is 1. The fourth-order valence-electron chi connectivity index (χ4n) is 2.31. The van der Waals surface area contributed by atoms with E-state index in [2.05, 4.69) is 13.2 Å². The monoisotopic (exact) mass is 308 g/mol. The van der Waals surface area contributed by atoms with Gasteiger partial charge in [0.1, 0.15) is 0 Å². The van der Waals surface area contributed by atoms with Crippen molar-refractivity contribution in [3.05, 3.63) is 58.7 Å². The average Bonchev–Trinajstić information content (AvgIpc) is 2.82. The minimum atomic E-state index is -3.67. The molecule has 0 amide bonds. The third kappa shape index (κ3) is 2.88. The van der Waals surface area contributed by atoms with Gasteiger partial charge in [-0.25, -0.2) is 8.42 Å². The molecule has 1 aromatic carbocycles. The molecule has 1 atom stereocenters. The molecule has 0 radical (unpaired) electrons. The Balaban J connectivity index is 2.29. The number of sulfonamides is 1. The molecule has 1 saturated heterocycles. The molecule has 0 aromatic heterocycles. The van der Waals surface area contributed by atoms with Crippen LogP contribution in [0.2, 0.25) is 0 Å². The molecular formula is C14H16N2O4S. The van der Waals surface area contributed by atoms with Crippen LogP contribution < -0.4 is 0 Å². The van der Waals surface area contributed by atoms with Crippen molar-refractivity contribution in [1.82, 2.24) is 4.31 Å². The van der Waals surface area contributed by atoms with Gasteiger partial charge in [0.15, 0.2) is 0 Å². The highest BCUT2D eigenvalue weighted by Crippen LogP contribution is 2.31. The molecule has 112 valence electrons. The summed E-state index contributed by atoms with van der Waals surface area (Å²) < 4.78 is 26.4. The summed E-state index contributed by atoms with van der Waals surface area (Å²) in [4.78, 5) is 10.1. The van der Waals surface area contributed by atoms with Gasteiger partial charge in [0.05, 0.1) is 9.82 Å². The van der Waals surface area contributed by atoms with Gasteiger partial charge in [-0.1, -0.05) is 24.3 Å². The summed E-state index contributed by atoms with van der Waals surface area (Å²) in [6.07, 6.45) is 0. The van der Waals surface area contributed by atoms with E-state index in [1.54, 1.807) is 0 Å². The molecule has 0 aliphatic carbocycles. The van der Waals surface area contributed by atoms with Crippen LogP contribution in [0.15, 0.2) is 53.5 Å². The Labute approximate surface area is 123 Å². The number of nitrogens with zero attached hydrogens (tertiary/aromatic N) is 2. The van der Waals surface area contributed by atoms with Crippen LogP contribution in [0.25, 0.3) is 0 Å². The molecule has 1 heterocycles. The average molecular weight is 308 g/mol. The maximum atomic E-state index is 12.5. The van der Waals surface area contributed by atoms with Crippen LogP contribution >= 0.6 is 0 Å². The lowest BCUT2D eigenvalue weighted by molar-refractivity contribution is -0.384. The zero-order valence-corrected chi connectivity index (χ0v) is 12.5. The first-order valence-corrected chi connectivity index (χ1v) is 7.75. The number of non-ortho nitro benzene ring substituents is 1. The summed E-state index contributed by atoms with van der Waals surface area (Å²) in [5.41, 5.74) is 1.55. The summed E-state index contributed by atoms with van der Waals surface area (Å²) in [6, 6.07) is 4.89. The Morgan fingerprint density at radius 1 is 1.38 bits per heavy atom. The van der Waals surface area contributed by atoms with E-state index in [1.807, 2.05) is 6.92 Å². The van der Waals surface area contributed by atoms with Gasteiger partial charge in [0, 0.05) is 31.1 Å². The lowest BCUT2D eigenvalue weighted by atomic mass is 9.98. The molecule has 21 heavy (non-hydrogen) atoms. The Hall–Kier alpha value is -1.99. The first-order valence-electron chi connectivity index (χ1n) is 6.31. The Kier molecular flexibility index (Phi) is 3.97. The smallest absolute Gasteiger partial charge is 0.258 e. The molecule has 6 nitrogen and oxygen atoms in total. The third-order valence-electron chi connectivity index (χ3n) is 3.54. The Morgan fingerprint density at radius 2 is 1.95 bits per heavy atom. The van der Waals surface area contributed by atoms with Gasteiger partial charge < -0.3 is 0 Å². The van der Waals surface area contributed by atoms with Crippen LogP contribution in [0.5, 0.6) is 0 Å². The highest BCUT2D eigenvalue weighted by atomic mass is 32.2. The Bertz CT molecular complexity index is 707. The van der Waals surface area contributed by atoms with Crippen LogP contribution in [0.4, 0.5) is 5.69 Å². The minimum Gasteiger partial charge on any atom is -0.258 e. The first-order chi connectivity index (χ1) is 9.73. The second kappa shape index (κ2) is 5.42. The zero-order valence-electron chi connectivity index (χ0n) is 11.7. The van der Waals surface area contributed by atoms with Gasteiger partial charge in [-0.15, -0.1) is 0 Å². The van der Waals surface area contributed by atoms with Gasteiger partial charge in [0.2, 0.25) is 10.0 Å². The van der Waals surface area contributed by atoms with Crippen molar-refractivity contribution in [3.8, 4) is 0 Å². The SMILES string of the molecule is C=C(C)C1CN(S(=O)(=O)c2ccc([N+](=O)[O-])cc2)CC1=C. The molecule has 0 saturated carbocycles. The predicted octanol–water partition coefficient (Wildman–Crippen LogP) is 2.35. The van der Waals surface area contributed by atoms with E-state index < -0.39 is 14.9 Å². The van der Waals surface area contributed by atoms with Crippen molar-refractivity contribution >= 4 is 15.7 Å². The van der Waals surface area contributed by atoms with Crippen molar-refractivity contribution in [2.75, 3.05) is 13.1 Å². The van der Waals surface area contributed by atoms with Crippen LogP contribution in [-0.2, 0) is 10.0 Å². The second-order valence-electron chi connectivity index (χ2n) is 5.11. The molecular weight excluding hydrogens is 292 g/mol. The summed E-state index contributed by atoms with van der Waals surface area (Å²) in [6.45, 7) is 10.2. The van der Waals surface area contributed by atoms with Crippen molar-refractivity contribution in [1.29, 1.82) is 0 Å². The fourth-order valence-corrected chi connectivity index (χ4v) is 3.77. The first kappa shape index (κ1) is 15.4. The standard InChI is InChI=1S/C14H16N2O4S/c1-10(2)14-9-15(8-11(14)3)21(19,20)13-6-4-12(5-7-13)16(17)18/h4-7,14H,1,3,8-9H2,2H3. The van der Waals surface area contributed by atoms with Crippen molar-refractivity contribution in [2.24, 2.45) is 5.92 Å². The van der Waals surface area contributed by atoms with Gasteiger partial charge in [-0.05, 0) is 19.1 Å². The maximum absolute atomic E-state index is 12.5. The van der Waals surface area contributed by atoms with E-state index in [0.29, 0.717) is 6.54 Å². The van der Waals surface area contributed by atoms with E-state index in [1.165, 1.54) is 28.6 Å². The van der Waals surface area contributed by atoms with E-state index in [-0.39, 0.29) is 23.0 Å². The summed E-state index contributed by atoms with van der Waals surface area (Å²) in [7, 11) is -3.67. The van der Waals surface area contributed by atoms with Gasteiger partial charge in [-0.2, -0.15) is 4.31 Å². The molecule has 1 fully saturated rings. The highest BCUT2D eigenvalue weighted by Gasteiger charge is 2.35. The zero-order chi connectivity index (χ0) is 15.8. The fraction of sp³-hybridized carbons (Fsp3) is 0.286. The quantitative estimate of drug-likeness (QED) is 0.486. The number of hydrogen-bond acceptors (Lipinski definition) is 4. The molecule has 1 aliphatic heterocycles. The summed E-state index contributed by atoms with van der Waals surface area (Å²) in [5.74, 6) is -0.0437. The van der Waals surface area contributed by atoms with E-state index in [9.17, 15) is 18.5 Å². The molecule has 1 aromatic rings. The maximum Gasteiger partial charge on any atom is 0.269 e. The normalized spacial score (nSPS) is 19.7. The lowest BCUT2D eigenvalue weighted by Gasteiger charge is -2.16. The largest absolute Gasteiger partial charge is 0.269 e. The van der Waals surface area contributed by atoms with Crippen LogP contribution in [0.3, 0.4) is 0 Å². The van der Waals surface area contributed by atoms with Crippen molar-refractivity contribution in [2.45, 2.75) is 11.8 Å². The van der Waals surface area contributed by atoms with E-state index >= 15 is 0 Å². The molecule has 0 bridgehead atoms. The molecule has 0 spiro atoms. The van der Waals surface area contributed by atoms with Crippen molar-refractivity contribution in [3.63, 3.8) is 0 Å². The molecule has 7 heteroatoms. The number of hydrogen-bond donors (Lipinski definition) is 0. The molecule has 2 rings (SSSR count). The van der Waals surface area contributed by atoms with Crippen LogP contribution in [-0.4, -0.2) is 30.7 Å². The summed E-state index contributed by atoms with van der Waals surface area (Å²) >= 11 is 0. The van der Waals surface area contributed by atoms with Crippen LogP contribution in [0, 0.1) is 16.0 Å².